The average Bonchev–Trinajstić information content (AvgIpc) is 2.15. The summed E-state index contributed by atoms with van der Waals surface area (Å²) in [6.07, 6.45) is 5.82. The van der Waals surface area contributed by atoms with E-state index in [2.05, 4.69) is 0 Å². The lowest BCUT2D eigenvalue weighted by molar-refractivity contribution is -0.136. The SMILES string of the molecule is CC(=O)OC1=CCCC(=O)C=C1. The van der Waals surface area contributed by atoms with Gasteiger partial charge < -0.3 is 4.74 Å². The van der Waals surface area contributed by atoms with Gasteiger partial charge in [-0.15, -0.1) is 0 Å². The first-order valence-electron chi connectivity index (χ1n) is 3.78. The van der Waals surface area contributed by atoms with E-state index in [-0.39, 0.29) is 11.8 Å². The molecule has 1 rings (SSSR count). The van der Waals surface area contributed by atoms with Crippen LogP contribution in [0.1, 0.15) is 19.8 Å². The normalized spacial score (nSPS) is 16.8. The number of rotatable bonds is 1. The first-order valence-corrected chi connectivity index (χ1v) is 3.78. The van der Waals surface area contributed by atoms with E-state index in [1.807, 2.05) is 0 Å². The molecule has 0 N–H and O–H groups in total. The lowest BCUT2D eigenvalue weighted by atomic mass is 10.2. The fourth-order valence-electron chi connectivity index (χ4n) is 0.925. The van der Waals surface area contributed by atoms with Crippen LogP contribution in [0.2, 0.25) is 0 Å². The highest BCUT2D eigenvalue weighted by Crippen LogP contribution is 2.09. The molecule has 0 aliphatic heterocycles. The van der Waals surface area contributed by atoms with Gasteiger partial charge in [0.1, 0.15) is 5.76 Å². The standard InChI is InChI=1S/C9H10O3/c1-7(10)12-9-4-2-3-8(11)5-6-9/h4-6H,2-3H2,1H3. The van der Waals surface area contributed by atoms with E-state index in [1.165, 1.54) is 19.1 Å². The highest BCUT2D eigenvalue weighted by Gasteiger charge is 2.04. The second kappa shape index (κ2) is 3.85. The van der Waals surface area contributed by atoms with E-state index < -0.39 is 0 Å². The summed E-state index contributed by atoms with van der Waals surface area (Å²) in [6.45, 7) is 1.33. The maximum atomic E-state index is 10.9. The molecule has 0 atom stereocenters. The van der Waals surface area contributed by atoms with E-state index in [0.29, 0.717) is 18.6 Å². The lowest BCUT2D eigenvalue weighted by Crippen LogP contribution is -1.96. The van der Waals surface area contributed by atoms with E-state index in [1.54, 1.807) is 6.08 Å². The Morgan fingerprint density at radius 3 is 2.92 bits per heavy atom. The van der Waals surface area contributed by atoms with Crippen molar-refractivity contribution in [1.82, 2.24) is 0 Å². The van der Waals surface area contributed by atoms with Gasteiger partial charge in [-0.05, 0) is 24.6 Å². The molecule has 12 heavy (non-hydrogen) atoms. The molecule has 0 amide bonds. The number of ether oxygens (including phenoxy) is 1. The molecule has 0 aromatic carbocycles. The molecular weight excluding hydrogens is 156 g/mol. The molecule has 0 saturated carbocycles. The number of ketones is 1. The van der Waals surface area contributed by atoms with Crippen molar-refractivity contribution in [2.75, 3.05) is 0 Å². The summed E-state index contributed by atoms with van der Waals surface area (Å²) in [5.41, 5.74) is 0. The van der Waals surface area contributed by atoms with Crippen molar-refractivity contribution in [1.29, 1.82) is 0 Å². The van der Waals surface area contributed by atoms with Crippen LogP contribution >= 0.6 is 0 Å². The maximum Gasteiger partial charge on any atom is 0.308 e. The summed E-state index contributed by atoms with van der Waals surface area (Å²) in [4.78, 5) is 21.4. The van der Waals surface area contributed by atoms with Crippen molar-refractivity contribution in [2.24, 2.45) is 0 Å². The number of esters is 1. The molecule has 0 unspecified atom stereocenters. The Morgan fingerprint density at radius 2 is 2.25 bits per heavy atom. The van der Waals surface area contributed by atoms with Gasteiger partial charge in [-0.2, -0.15) is 0 Å². The Balaban J connectivity index is 2.63. The number of hydrogen-bond acceptors (Lipinski definition) is 3. The van der Waals surface area contributed by atoms with Crippen molar-refractivity contribution in [2.45, 2.75) is 19.8 Å². The van der Waals surface area contributed by atoms with Crippen LogP contribution in [-0.2, 0) is 14.3 Å². The Kier molecular flexibility index (Phi) is 2.80. The molecule has 0 bridgehead atoms. The summed E-state index contributed by atoms with van der Waals surface area (Å²) in [6, 6.07) is 0. The van der Waals surface area contributed by atoms with Crippen LogP contribution in [0, 0.1) is 0 Å². The zero-order valence-corrected chi connectivity index (χ0v) is 6.87. The monoisotopic (exact) mass is 166 g/mol. The third-order valence-corrected chi connectivity index (χ3v) is 1.43. The van der Waals surface area contributed by atoms with Gasteiger partial charge >= 0.3 is 5.97 Å². The number of hydrogen-bond donors (Lipinski definition) is 0. The van der Waals surface area contributed by atoms with Gasteiger partial charge in [-0.1, -0.05) is 0 Å². The Hall–Kier alpha value is -1.38. The zero-order chi connectivity index (χ0) is 8.97. The van der Waals surface area contributed by atoms with Gasteiger partial charge in [0, 0.05) is 13.3 Å². The van der Waals surface area contributed by atoms with Crippen molar-refractivity contribution < 1.29 is 14.3 Å². The minimum atomic E-state index is -0.361. The molecule has 0 spiro atoms. The van der Waals surface area contributed by atoms with E-state index >= 15 is 0 Å². The van der Waals surface area contributed by atoms with Crippen molar-refractivity contribution in [3.8, 4) is 0 Å². The van der Waals surface area contributed by atoms with Gasteiger partial charge in [0.2, 0.25) is 0 Å². The minimum absolute atomic E-state index is 0.0633. The molecule has 3 heteroatoms. The second-order valence-corrected chi connectivity index (χ2v) is 2.54. The fourth-order valence-corrected chi connectivity index (χ4v) is 0.925. The Bertz CT molecular complexity index is 261. The van der Waals surface area contributed by atoms with Gasteiger partial charge in [0.15, 0.2) is 5.78 Å². The van der Waals surface area contributed by atoms with Gasteiger partial charge in [0.25, 0.3) is 0 Å². The van der Waals surface area contributed by atoms with E-state index in [9.17, 15) is 9.59 Å². The van der Waals surface area contributed by atoms with Crippen LogP contribution in [0.4, 0.5) is 0 Å². The number of allylic oxidation sites excluding steroid dienone is 3. The summed E-state index contributed by atoms with van der Waals surface area (Å²) >= 11 is 0. The number of carbonyl (C=O) groups excluding carboxylic acids is 2. The van der Waals surface area contributed by atoms with Crippen LogP contribution < -0.4 is 0 Å². The topological polar surface area (TPSA) is 43.4 Å². The highest BCUT2D eigenvalue weighted by molar-refractivity contribution is 5.90. The van der Waals surface area contributed by atoms with Gasteiger partial charge in [0.05, 0.1) is 0 Å². The predicted octanol–water partition coefficient (Wildman–Crippen LogP) is 1.35. The fraction of sp³-hybridized carbons (Fsp3) is 0.333. The molecule has 0 radical (unpaired) electrons. The molecule has 0 fully saturated rings. The molecule has 1 aliphatic carbocycles. The molecule has 1 aliphatic rings. The van der Waals surface area contributed by atoms with Crippen LogP contribution in [-0.4, -0.2) is 11.8 Å². The molecule has 0 aromatic heterocycles. The first-order chi connectivity index (χ1) is 5.68. The van der Waals surface area contributed by atoms with Crippen LogP contribution in [0.15, 0.2) is 24.0 Å². The summed E-state index contributed by atoms with van der Waals surface area (Å²) in [5, 5.41) is 0. The smallest absolute Gasteiger partial charge is 0.308 e. The van der Waals surface area contributed by atoms with Gasteiger partial charge in [-0.25, -0.2) is 0 Å². The van der Waals surface area contributed by atoms with Crippen LogP contribution in [0.3, 0.4) is 0 Å². The average molecular weight is 166 g/mol. The molecule has 0 saturated heterocycles. The van der Waals surface area contributed by atoms with E-state index in [4.69, 9.17) is 4.74 Å². The minimum Gasteiger partial charge on any atom is -0.427 e. The van der Waals surface area contributed by atoms with Crippen molar-refractivity contribution in [3.63, 3.8) is 0 Å². The molecule has 3 nitrogen and oxygen atoms in total. The first kappa shape index (κ1) is 8.71. The van der Waals surface area contributed by atoms with Crippen molar-refractivity contribution in [3.05, 3.63) is 24.0 Å². The van der Waals surface area contributed by atoms with Crippen LogP contribution in [0.5, 0.6) is 0 Å². The maximum absolute atomic E-state index is 10.9. The Labute approximate surface area is 70.7 Å². The molecule has 64 valence electrons. The summed E-state index contributed by atoms with van der Waals surface area (Å²) in [7, 11) is 0. The van der Waals surface area contributed by atoms with Gasteiger partial charge in [-0.3, -0.25) is 9.59 Å². The lowest BCUT2D eigenvalue weighted by Gasteiger charge is -1.98. The van der Waals surface area contributed by atoms with Crippen molar-refractivity contribution >= 4 is 11.8 Å². The predicted molar refractivity (Wildman–Crippen MR) is 43.2 cm³/mol. The molecule has 0 heterocycles. The highest BCUT2D eigenvalue weighted by atomic mass is 16.5. The number of carbonyl (C=O) groups is 2. The second-order valence-electron chi connectivity index (χ2n) is 2.54. The quantitative estimate of drug-likeness (QED) is 0.552. The third kappa shape index (κ3) is 2.70. The van der Waals surface area contributed by atoms with Crippen LogP contribution in [0.25, 0.3) is 0 Å². The largest absolute Gasteiger partial charge is 0.427 e. The molecular formula is C9H10O3. The Morgan fingerprint density at radius 1 is 1.50 bits per heavy atom. The third-order valence-electron chi connectivity index (χ3n) is 1.43. The summed E-state index contributed by atoms with van der Waals surface area (Å²) in [5.74, 6) is 0.169. The zero-order valence-electron chi connectivity index (χ0n) is 6.87. The van der Waals surface area contributed by atoms with E-state index in [0.717, 1.165) is 0 Å². The molecule has 0 aromatic rings. The summed E-state index contributed by atoms with van der Waals surface area (Å²) < 4.78 is 4.80.